The van der Waals surface area contributed by atoms with Crippen LogP contribution in [-0.2, 0) is 0 Å². The highest BCUT2D eigenvalue weighted by Gasteiger charge is 2.16. The van der Waals surface area contributed by atoms with Crippen molar-refractivity contribution >= 4 is 17.5 Å². The summed E-state index contributed by atoms with van der Waals surface area (Å²) in [5, 5.41) is 4.85. The van der Waals surface area contributed by atoms with Crippen LogP contribution in [0.4, 0.5) is 14.5 Å². The standard InChI is InChI=1S/C18H20F2N4O2/c1-24(2)11-5-10-21-17(25)14-8-4-9-15(22-14)18(26)23-16-12(19)6-3-7-13(16)20/h3-4,6-9H,5,10-11H2,1-2H3,(H,21,25)(H,23,26). The highest BCUT2D eigenvalue weighted by atomic mass is 19.1. The Labute approximate surface area is 150 Å². The fraction of sp³-hybridized carbons (Fsp3) is 0.278. The molecule has 1 heterocycles. The minimum absolute atomic E-state index is 0.0523. The van der Waals surface area contributed by atoms with E-state index in [9.17, 15) is 18.4 Å². The van der Waals surface area contributed by atoms with Crippen molar-refractivity contribution in [1.29, 1.82) is 0 Å². The Morgan fingerprint density at radius 1 is 1.00 bits per heavy atom. The van der Waals surface area contributed by atoms with E-state index < -0.39 is 29.1 Å². The van der Waals surface area contributed by atoms with Crippen molar-refractivity contribution in [3.63, 3.8) is 0 Å². The topological polar surface area (TPSA) is 74.3 Å². The Kier molecular flexibility index (Phi) is 6.74. The lowest BCUT2D eigenvalue weighted by molar-refractivity contribution is 0.0947. The lowest BCUT2D eigenvalue weighted by atomic mass is 10.2. The fourth-order valence-electron chi connectivity index (χ4n) is 2.17. The molecule has 1 aromatic heterocycles. The average molecular weight is 362 g/mol. The van der Waals surface area contributed by atoms with Gasteiger partial charge < -0.3 is 15.5 Å². The Bertz CT molecular complexity index is 776. The van der Waals surface area contributed by atoms with Crippen LogP contribution in [0.1, 0.15) is 27.4 Å². The molecule has 138 valence electrons. The second-order valence-corrected chi connectivity index (χ2v) is 5.87. The molecule has 2 aromatic rings. The molecular weight excluding hydrogens is 342 g/mol. The van der Waals surface area contributed by atoms with E-state index in [-0.39, 0.29) is 11.4 Å². The predicted molar refractivity (Wildman–Crippen MR) is 94.1 cm³/mol. The largest absolute Gasteiger partial charge is 0.351 e. The molecule has 0 saturated heterocycles. The van der Waals surface area contributed by atoms with Gasteiger partial charge in [-0.15, -0.1) is 0 Å². The van der Waals surface area contributed by atoms with Crippen molar-refractivity contribution in [2.24, 2.45) is 0 Å². The summed E-state index contributed by atoms with van der Waals surface area (Å²) < 4.78 is 27.2. The molecule has 0 aliphatic heterocycles. The van der Waals surface area contributed by atoms with Gasteiger partial charge in [-0.05, 0) is 51.3 Å². The number of rotatable bonds is 7. The number of carbonyl (C=O) groups excluding carboxylic acids is 2. The number of halogens is 2. The number of hydrogen-bond acceptors (Lipinski definition) is 4. The van der Waals surface area contributed by atoms with Gasteiger partial charge in [0.25, 0.3) is 11.8 Å². The third-order valence-electron chi connectivity index (χ3n) is 3.48. The fourth-order valence-corrected chi connectivity index (χ4v) is 2.17. The Morgan fingerprint density at radius 3 is 2.19 bits per heavy atom. The summed E-state index contributed by atoms with van der Waals surface area (Å²) in [7, 11) is 3.87. The van der Waals surface area contributed by atoms with Gasteiger partial charge in [0.1, 0.15) is 28.7 Å². The van der Waals surface area contributed by atoms with Crippen LogP contribution in [0.25, 0.3) is 0 Å². The van der Waals surface area contributed by atoms with Gasteiger partial charge in [-0.1, -0.05) is 12.1 Å². The molecule has 1 aromatic carbocycles. The Balaban J connectivity index is 2.03. The third kappa shape index (κ3) is 5.32. The first-order valence-electron chi connectivity index (χ1n) is 8.04. The maximum absolute atomic E-state index is 13.6. The van der Waals surface area contributed by atoms with Gasteiger partial charge in [-0.2, -0.15) is 0 Å². The first kappa shape index (κ1) is 19.5. The highest BCUT2D eigenvalue weighted by molar-refractivity contribution is 6.04. The van der Waals surface area contributed by atoms with E-state index in [2.05, 4.69) is 15.6 Å². The number of nitrogens with zero attached hydrogens (tertiary/aromatic N) is 2. The van der Waals surface area contributed by atoms with Crippen LogP contribution in [0.5, 0.6) is 0 Å². The van der Waals surface area contributed by atoms with Gasteiger partial charge in [0.2, 0.25) is 0 Å². The number of pyridine rings is 1. The zero-order chi connectivity index (χ0) is 19.1. The molecule has 0 atom stereocenters. The first-order chi connectivity index (χ1) is 12.4. The molecule has 0 fully saturated rings. The molecule has 0 bridgehead atoms. The number of para-hydroxylation sites is 1. The summed E-state index contributed by atoms with van der Waals surface area (Å²) in [6.45, 7) is 1.29. The van der Waals surface area contributed by atoms with Crippen molar-refractivity contribution < 1.29 is 18.4 Å². The van der Waals surface area contributed by atoms with Crippen molar-refractivity contribution in [3.8, 4) is 0 Å². The molecule has 0 radical (unpaired) electrons. The molecule has 2 rings (SSSR count). The number of hydrogen-bond donors (Lipinski definition) is 2. The van der Waals surface area contributed by atoms with Crippen molar-refractivity contribution in [2.75, 3.05) is 32.5 Å². The summed E-state index contributed by atoms with van der Waals surface area (Å²) in [5.74, 6) is -3.02. The number of nitrogens with one attached hydrogen (secondary N) is 2. The van der Waals surface area contributed by atoms with Gasteiger partial charge in [0.15, 0.2) is 0 Å². The average Bonchev–Trinajstić information content (AvgIpc) is 2.61. The lowest BCUT2D eigenvalue weighted by Crippen LogP contribution is -2.28. The van der Waals surface area contributed by atoms with Crippen LogP contribution in [0.15, 0.2) is 36.4 Å². The summed E-state index contributed by atoms with van der Waals surface area (Å²) in [4.78, 5) is 30.2. The quantitative estimate of drug-likeness (QED) is 0.741. The normalized spacial score (nSPS) is 10.7. The number of carbonyl (C=O) groups is 2. The van der Waals surface area contributed by atoms with Crippen LogP contribution in [-0.4, -0.2) is 48.9 Å². The summed E-state index contributed by atoms with van der Waals surface area (Å²) >= 11 is 0. The summed E-state index contributed by atoms with van der Waals surface area (Å²) in [6, 6.07) is 7.56. The smallest absolute Gasteiger partial charge is 0.274 e. The monoisotopic (exact) mass is 362 g/mol. The second kappa shape index (κ2) is 9.00. The van der Waals surface area contributed by atoms with Gasteiger partial charge in [0.05, 0.1) is 0 Å². The molecule has 0 saturated carbocycles. The van der Waals surface area contributed by atoms with E-state index in [4.69, 9.17) is 0 Å². The molecule has 0 aliphatic rings. The van der Waals surface area contributed by atoms with E-state index in [1.807, 2.05) is 19.0 Å². The van der Waals surface area contributed by atoms with Crippen LogP contribution in [0, 0.1) is 11.6 Å². The van der Waals surface area contributed by atoms with Gasteiger partial charge in [0, 0.05) is 6.54 Å². The maximum atomic E-state index is 13.6. The van der Waals surface area contributed by atoms with Crippen molar-refractivity contribution in [1.82, 2.24) is 15.2 Å². The predicted octanol–water partition coefficient (Wildman–Crippen LogP) is 2.29. The molecule has 0 unspecified atom stereocenters. The van der Waals surface area contributed by atoms with Crippen molar-refractivity contribution in [3.05, 3.63) is 59.4 Å². The molecule has 6 nitrogen and oxygen atoms in total. The van der Waals surface area contributed by atoms with Crippen LogP contribution >= 0.6 is 0 Å². The van der Waals surface area contributed by atoms with Crippen LogP contribution in [0.2, 0.25) is 0 Å². The minimum atomic E-state index is -0.895. The summed E-state index contributed by atoms with van der Waals surface area (Å²) in [5.41, 5.74) is -0.622. The highest BCUT2D eigenvalue weighted by Crippen LogP contribution is 2.18. The lowest BCUT2D eigenvalue weighted by Gasteiger charge is -2.10. The SMILES string of the molecule is CN(C)CCCNC(=O)c1cccc(C(=O)Nc2c(F)cccc2F)n1. The van der Waals surface area contributed by atoms with Crippen LogP contribution in [0.3, 0.4) is 0 Å². The second-order valence-electron chi connectivity index (χ2n) is 5.87. The van der Waals surface area contributed by atoms with E-state index in [0.717, 1.165) is 25.1 Å². The molecule has 0 aliphatic carbocycles. The third-order valence-corrected chi connectivity index (χ3v) is 3.48. The molecule has 0 spiro atoms. The molecule has 2 amide bonds. The van der Waals surface area contributed by atoms with E-state index in [1.54, 1.807) is 0 Å². The van der Waals surface area contributed by atoms with Crippen molar-refractivity contribution in [2.45, 2.75) is 6.42 Å². The molecular formula is C18H20F2N4O2. The first-order valence-corrected chi connectivity index (χ1v) is 8.04. The number of anilines is 1. The van der Waals surface area contributed by atoms with E-state index in [0.29, 0.717) is 6.54 Å². The Hall–Kier alpha value is -2.87. The maximum Gasteiger partial charge on any atom is 0.274 e. The number of amides is 2. The van der Waals surface area contributed by atoms with E-state index >= 15 is 0 Å². The van der Waals surface area contributed by atoms with Gasteiger partial charge in [-0.25, -0.2) is 13.8 Å². The van der Waals surface area contributed by atoms with Gasteiger partial charge in [-0.3, -0.25) is 9.59 Å². The van der Waals surface area contributed by atoms with Crippen LogP contribution < -0.4 is 10.6 Å². The number of aromatic nitrogens is 1. The van der Waals surface area contributed by atoms with E-state index in [1.165, 1.54) is 24.3 Å². The van der Waals surface area contributed by atoms with Gasteiger partial charge >= 0.3 is 0 Å². The number of benzene rings is 1. The molecule has 2 N–H and O–H groups in total. The summed E-state index contributed by atoms with van der Waals surface area (Å²) in [6.07, 6.45) is 0.769. The molecule has 8 heteroatoms. The Morgan fingerprint density at radius 2 is 1.58 bits per heavy atom. The molecule has 26 heavy (non-hydrogen) atoms. The minimum Gasteiger partial charge on any atom is -0.351 e. The zero-order valence-corrected chi connectivity index (χ0v) is 14.6. The zero-order valence-electron chi connectivity index (χ0n) is 14.6.